The molecule has 0 radical (unpaired) electrons. The zero-order valence-corrected chi connectivity index (χ0v) is 10.6. The van der Waals surface area contributed by atoms with Gasteiger partial charge in [-0.2, -0.15) is 0 Å². The second-order valence-corrected chi connectivity index (χ2v) is 3.56. The predicted molar refractivity (Wildman–Crippen MR) is 65.0 cm³/mol. The van der Waals surface area contributed by atoms with Crippen molar-refractivity contribution in [1.29, 1.82) is 0 Å². The van der Waals surface area contributed by atoms with E-state index in [4.69, 9.17) is 14.2 Å². The van der Waals surface area contributed by atoms with E-state index in [1.165, 1.54) is 14.2 Å². The van der Waals surface area contributed by atoms with Crippen LogP contribution in [0.2, 0.25) is 0 Å². The monoisotopic (exact) mass is 238 g/mol. The molecule has 4 heteroatoms. The van der Waals surface area contributed by atoms with Crippen LogP contribution in [-0.4, -0.2) is 33.2 Å². The van der Waals surface area contributed by atoms with E-state index in [9.17, 15) is 4.79 Å². The third-order valence-electron chi connectivity index (χ3n) is 2.62. The number of hydrogen-bond acceptors (Lipinski definition) is 4. The molecule has 0 saturated heterocycles. The van der Waals surface area contributed by atoms with Gasteiger partial charge in [-0.15, -0.1) is 0 Å². The zero-order valence-electron chi connectivity index (χ0n) is 10.6. The van der Waals surface area contributed by atoms with E-state index in [-0.39, 0.29) is 5.78 Å². The van der Waals surface area contributed by atoms with Crippen molar-refractivity contribution in [3.8, 4) is 11.5 Å². The van der Waals surface area contributed by atoms with Crippen LogP contribution in [0.3, 0.4) is 0 Å². The van der Waals surface area contributed by atoms with Crippen molar-refractivity contribution >= 4 is 5.78 Å². The van der Waals surface area contributed by atoms with E-state index in [0.717, 1.165) is 0 Å². The Bertz CT molecular complexity index is 383. The lowest BCUT2D eigenvalue weighted by Crippen LogP contribution is -2.22. The van der Waals surface area contributed by atoms with Crippen LogP contribution in [0, 0.1) is 0 Å². The summed E-state index contributed by atoms with van der Waals surface area (Å²) in [6.07, 6.45) is 0.196. The molecular weight excluding hydrogens is 220 g/mol. The SMILES string of the molecule is CCC(OC)C(=O)c1ccc(OC)cc1OC. The molecular formula is C13H18O4. The first-order chi connectivity index (χ1) is 8.17. The number of rotatable bonds is 6. The first-order valence-electron chi connectivity index (χ1n) is 5.46. The van der Waals surface area contributed by atoms with Gasteiger partial charge >= 0.3 is 0 Å². The third kappa shape index (κ3) is 2.97. The Morgan fingerprint density at radius 2 is 1.94 bits per heavy atom. The summed E-state index contributed by atoms with van der Waals surface area (Å²) < 4.78 is 15.4. The van der Waals surface area contributed by atoms with Crippen molar-refractivity contribution in [1.82, 2.24) is 0 Å². The second-order valence-electron chi connectivity index (χ2n) is 3.56. The van der Waals surface area contributed by atoms with Crippen LogP contribution in [0.25, 0.3) is 0 Å². The van der Waals surface area contributed by atoms with Crippen molar-refractivity contribution in [2.75, 3.05) is 21.3 Å². The van der Waals surface area contributed by atoms with E-state index < -0.39 is 6.10 Å². The van der Waals surface area contributed by atoms with E-state index in [1.54, 1.807) is 25.3 Å². The van der Waals surface area contributed by atoms with Crippen LogP contribution in [0.1, 0.15) is 23.7 Å². The van der Waals surface area contributed by atoms with Gasteiger partial charge in [0.25, 0.3) is 0 Å². The molecule has 0 amide bonds. The number of ether oxygens (including phenoxy) is 3. The minimum atomic E-state index is -0.433. The maximum absolute atomic E-state index is 12.1. The molecule has 0 aliphatic heterocycles. The van der Waals surface area contributed by atoms with E-state index >= 15 is 0 Å². The van der Waals surface area contributed by atoms with Crippen LogP contribution in [-0.2, 0) is 4.74 Å². The third-order valence-corrected chi connectivity index (χ3v) is 2.62. The smallest absolute Gasteiger partial charge is 0.195 e. The van der Waals surface area contributed by atoms with Crippen LogP contribution < -0.4 is 9.47 Å². The van der Waals surface area contributed by atoms with Crippen LogP contribution in [0.15, 0.2) is 18.2 Å². The Morgan fingerprint density at radius 3 is 2.41 bits per heavy atom. The molecule has 0 aromatic heterocycles. The molecule has 0 heterocycles. The van der Waals surface area contributed by atoms with Gasteiger partial charge in [-0.3, -0.25) is 4.79 Å². The number of benzene rings is 1. The zero-order chi connectivity index (χ0) is 12.8. The summed E-state index contributed by atoms with van der Waals surface area (Å²) in [5.74, 6) is 1.09. The van der Waals surface area contributed by atoms with Crippen molar-refractivity contribution in [2.45, 2.75) is 19.4 Å². The highest BCUT2D eigenvalue weighted by atomic mass is 16.5. The topological polar surface area (TPSA) is 44.8 Å². The number of carbonyl (C=O) groups excluding carboxylic acids is 1. The van der Waals surface area contributed by atoms with Crippen molar-refractivity contribution in [3.63, 3.8) is 0 Å². The Labute approximate surface area is 101 Å². The summed E-state index contributed by atoms with van der Waals surface area (Å²) in [7, 11) is 4.63. The standard InChI is InChI=1S/C13H18O4/c1-5-11(16-3)13(14)10-7-6-9(15-2)8-12(10)17-4/h6-8,11H,5H2,1-4H3. The van der Waals surface area contributed by atoms with E-state index in [0.29, 0.717) is 23.5 Å². The van der Waals surface area contributed by atoms with Gasteiger partial charge in [-0.25, -0.2) is 0 Å². The lowest BCUT2D eigenvalue weighted by atomic mass is 10.0. The normalized spacial score (nSPS) is 12.0. The maximum atomic E-state index is 12.1. The molecule has 0 aliphatic rings. The molecule has 0 saturated carbocycles. The van der Waals surface area contributed by atoms with Gasteiger partial charge in [-0.1, -0.05) is 6.92 Å². The molecule has 1 atom stereocenters. The molecule has 1 aromatic rings. The average Bonchev–Trinajstić information content (AvgIpc) is 2.39. The van der Waals surface area contributed by atoms with Crippen molar-refractivity contribution < 1.29 is 19.0 Å². The Kier molecular flexibility index (Phi) is 4.97. The fourth-order valence-corrected chi connectivity index (χ4v) is 1.63. The molecule has 0 N–H and O–H groups in total. The number of methoxy groups -OCH3 is 3. The van der Waals surface area contributed by atoms with Gasteiger partial charge in [0.1, 0.15) is 17.6 Å². The average molecular weight is 238 g/mol. The summed E-state index contributed by atoms with van der Waals surface area (Å²) in [6, 6.07) is 5.12. The molecule has 0 spiro atoms. The van der Waals surface area contributed by atoms with Gasteiger partial charge < -0.3 is 14.2 Å². The number of ketones is 1. The minimum absolute atomic E-state index is 0.0745. The van der Waals surface area contributed by atoms with Crippen LogP contribution in [0.5, 0.6) is 11.5 Å². The highest BCUT2D eigenvalue weighted by Gasteiger charge is 2.21. The number of hydrogen-bond donors (Lipinski definition) is 0. The molecule has 0 fully saturated rings. The number of Topliss-reactive ketones (excluding diaryl/α,β-unsaturated/α-hetero) is 1. The van der Waals surface area contributed by atoms with Crippen molar-refractivity contribution in [2.24, 2.45) is 0 Å². The fourth-order valence-electron chi connectivity index (χ4n) is 1.63. The molecule has 17 heavy (non-hydrogen) atoms. The lowest BCUT2D eigenvalue weighted by molar-refractivity contribution is 0.0592. The first-order valence-corrected chi connectivity index (χ1v) is 5.46. The molecule has 1 aromatic carbocycles. The highest BCUT2D eigenvalue weighted by Crippen LogP contribution is 2.26. The van der Waals surface area contributed by atoms with Gasteiger partial charge in [0.2, 0.25) is 0 Å². The molecule has 1 unspecified atom stereocenters. The Morgan fingerprint density at radius 1 is 1.24 bits per heavy atom. The molecule has 94 valence electrons. The maximum Gasteiger partial charge on any atom is 0.195 e. The van der Waals surface area contributed by atoms with Gasteiger partial charge in [-0.05, 0) is 18.6 Å². The highest BCUT2D eigenvalue weighted by molar-refractivity contribution is 6.02. The quantitative estimate of drug-likeness (QED) is 0.713. The first kappa shape index (κ1) is 13.5. The largest absolute Gasteiger partial charge is 0.497 e. The lowest BCUT2D eigenvalue weighted by Gasteiger charge is -2.14. The Hall–Kier alpha value is -1.55. The molecule has 0 bridgehead atoms. The summed E-state index contributed by atoms with van der Waals surface area (Å²) in [5, 5.41) is 0. The minimum Gasteiger partial charge on any atom is -0.497 e. The molecule has 4 nitrogen and oxygen atoms in total. The van der Waals surface area contributed by atoms with E-state index in [1.807, 2.05) is 6.92 Å². The molecule has 0 aliphatic carbocycles. The Balaban J connectivity index is 3.08. The van der Waals surface area contributed by atoms with Gasteiger partial charge in [0.05, 0.1) is 19.8 Å². The molecule has 1 rings (SSSR count). The second kappa shape index (κ2) is 6.25. The number of carbonyl (C=O) groups is 1. The summed E-state index contributed by atoms with van der Waals surface area (Å²) >= 11 is 0. The summed E-state index contributed by atoms with van der Waals surface area (Å²) in [4.78, 5) is 12.1. The predicted octanol–water partition coefficient (Wildman–Crippen LogP) is 2.31. The van der Waals surface area contributed by atoms with Gasteiger partial charge in [0, 0.05) is 13.2 Å². The van der Waals surface area contributed by atoms with Crippen LogP contribution >= 0.6 is 0 Å². The van der Waals surface area contributed by atoms with Gasteiger partial charge in [0.15, 0.2) is 5.78 Å². The summed E-state index contributed by atoms with van der Waals surface area (Å²) in [6.45, 7) is 1.90. The fraction of sp³-hybridized carbons (Fsp3) is 0.462. The van der Waals surface area contributed by atoms with E-state index in [2.05, 4.69) is 0 Å². The summed E-state index contributed by atoms with van der Waals surface area (Å²) in [5.41, 5.74) is 0.516. The van der Waals surface area contributed by atoms with Crippen LogP contribution in [0.4, 0.5) is 0 Å². The van der Waals surface area contributed by atoms with Crippen molar-refractivity contribution in [3.05, 3.63) is 23.8 Å².